The molecule has 3 N–H and O–H groups in total. The fraction of sp³-hybridized carbons (Fsp3) is 0.364. The molecule has 2 heterocycles. The molecule has 2 unspecified atom stereocenters. The van der Waals surface area contributed by atoms with Gasteiger partial charge in [-0.3, -0.25) is 10.1 Å². The Morgan fingerprint density at radius 3 is 3.00 bits per heavy atom. The minimum Gasteiger partial charge on any atom is -0.464 e. The molecule has 0 aliphatic carbocycles. The summed E-state index contributed by atoms with van der Waals surface area (Å²) in [6, 6.07) is 1.55. The van der Waals surface area contributed by atoms with Crippen LogP contribution < -0.4 is 0 Å². The van der Waals surface area contributed by atoms with E-state index in [9.17, 15) is 15.0 Å². The molecule has 0 aromatic carbocycles. The number of carbonyl (C=O) groups is 1. The fourth-order valence-electron chi connectivity index (χ4n) is 1.54. The number of nitrogens with zero attached hydrogens (tertiary/aromatic N) is 2. The Hall–Kier alpha value is -1.99. The van der Waals surface area contributed by atoms with E-state index in [4.69, 9.17) is 0 Å². The van der Waals surface area contributed by atoms with Gasteiger partial charge in [-0.1, -0.05) is 0 Å². The molecule has 18 heavy (non-hydrogen) atoms. The molecule has 96 valence electrons. The predicted molar refractivity (Wildman–Crippen MR) is 61.5 cm³/mol. The Balaban J connectivity index is 2.21. The van der Waals surface area contributed by atoms with Crippen molar-refractivity contribution in [2.45, 2.75) is 19.1 Å². The maximum Gasteiger partial charge on any atom is 0.338 e. The third kappa shape index (κ3) is 2.31. The normalized spacial score (nSPS) is 14.4. The van der Waals surface area contributed by atoms with Gasteiger partial charge in [-0.2, -0.15) is 5.10 Å². The highest BCUT2D eigenvalue weighted by Gasteiger charge is 2.28. The minimum atomic E-state index is -1.65. The van der Waals surface area contributed by atoms with Gasteiger partial charge in [0.1, 0.15) is 6.10 Å². The number of hydrogen-bond acceptors (Lipinski definition) is 6. The second kappa shape index (κ2) is 5.11. The molecular weight excluding hydrogens is 238 g/mol. The highest BCUT2D eigenvalue weighted by Crippen LogP contribution is 2.19. The molecule has 0 spiro atoms. The van der Waals surface area contributed by atoms with Crippen LogP contribution in [0.3, 0.4) is 0 Å². The third-order valence-electron chi connectivity index (χ3n) is 2.48. The van der Waals surface area contributed by atoms with Crippen molar-refractivity contribution in [2.24, 2.45) is 0 Å². The van der Waals surface area contributed by atoms with Crippen molar-refractivity contribution < 1.29 is 19.7 Å². The number of nitrogens with one attached hydrogen (secondary N) is 1. The number of aliphatic hydroxyl groups is 2. The van der Waals surface area contributed by atoms with Crippen LogP contribution in [-0.2, 0) is 9.53 Å². The lowest BCUT2D eigenvalue weighted by molar-refractivity contribution is -0.159. The summed E-state index contributed by atoms with van der Waals surface area (Å²) in [6.07, 6.45) is -0.0481. The first-order chi connectivity index (χ1) is 8.63. The molecule has 0 saturated carbocycles. The van der Waals surface area contributed by atoms with Gasteiger partial charge in [0.15, 0.2) is 6.10 Å². The highest BCUT2D eigenvalue weighted by molar-refractivity contribution is 5.78. The lowest BCUT2D eigenvalue weighted by Gasteiger charge is -2.15. The van der Waals surface area contributed by atoms with E-state index in [0.29, 0.717) is 5.52 Å². The number of hydrogen-bond donors (Lipinski definition) is 3. The van der Waals surface area contributed by atoms with E-state index in [0.717, 1.165) is 5.39 Å². The highest BCUT2D eigenvalue weighted by atomic mass is 16.5. The van der Waals surface area contributed by atoms with Crippen molar-refractivity contribution in [1.82, 2.24) is 15.2 Å². The average molecular weight is 251 g/mol. The summed E-state index contributed by atoms with van der Waals surface area (Å²) in [4.78, 5) is 15.2. The number of aromatic amines is 1. The first-order valence-corrected chi connectivity index (χ1v) is 5.45. The first kappa shape index (κ1) is 12.5. The molecule has 7 heteroatoms. The van der Waals surface area contributed by atoms with Gasteiger partial charge in [0.05, 0.1) is 30.2 Å². The Morgan fingerprint density at radius 1 is 1.50 bits per heavy atom. The summed E-state index contributed by atoms with van der Waals surface area (Å²) < 4.78 is 4.62. The molecule has 2 aromatic rings. The number of aromatic nitrogens is 3. The van der Waals surface area contributed by atoms with Crippen LogP contribution in [0.25, 0.3) is 10.9 Å². The van der Waals surface area contributed by atoms with E-state index < -0.39 is 18.2 Å². The lowest BCUT2D eigenvalue weighted by Crippen LogP contribution is -2.30. The summed E-state index contributed by atoms with van der Waals surface area (Å²) in [5.74, 6) is -0.876. The number of aliphatic hydroxyl groups excluding tert-OH is 2. The number of carbonyl (C=O) groups excluding carboxylic acids is 1. The Bertz CT molecular complexity index is 554. The van der Waals surface area contributed by atoms with Gasteiger partial charge in [0.25, 0.3) is 0 Å². The topological polar surface area (TPSA) is 108 Å². The second-order valence-corrected chi connectivity index (χ2v) is 3.71. The van der Waals surface area contributed by atoms with E-state index >= 15 is 0 Å². The average Bonchev–Trinajstić information content (AvgIpc) is 2.84. The molecule has 0 aliphatic rings. The van der Waals surface area contributed by atoms with Gasteiger partial charge in [-0.15, -0.1) is 0 Å². The standard InChI is InChI=1S/C11H13N3O4/c1-2-18-11(17)10(16)9(15)7-3-6-4-13-14-8(6)5-12-7/h3-5,9-10,15-16H,2H2,1H3,(H,13,14). The van der Waals surface area contributed by atoms with Crippen LogP contribution in [0.4, 0.5) is 0 Å². The minimum absolute atomic E-state index is 0.136. The molecule has 2 rings (SSSR count). The van der Waals surface area contributed by atoms with Gasteiger partial charge in [-0.25, -0.2) is 4.79 Å². The van der Waals surface area contributed by atoms with Crippen LogP contribution >= 0.6 is 0 Å². The Morgan fingerprint density at radius 2 is 2.28 bits per heavy atom. The monoisotopic (exact) mass is 251 g/mol. The zero-order chi connectivity index (χ0) is 13.1. The number of esters is 1. The SMILES string of the molecule is CCOC(=O)C(O)C(O)c1cc2cn[nH]c2cn1. The summed E-state index contributed by atoms with van der Waals surface area (Å²) in [5, 5.41) is 26.7. The second-order valence-electron chi connectivity index (χ2n) is 3.71. The summed E-state index contributed by atoms with van der Waals surface area (Å²) in [5.41, 5.74) is 0.890. The van der Waals surface area contributed by atoms with Crippen LogP contribution in [0.5, 0.6) is 0 Å². The molecule has 0 saturated heterocycles. The molecular formula is C11H13N3O4. The van der Waals surface area contributed by atoms with Crippen molar-refractivity contribution in [1.29, 1.82) is 0 Å². The zero-order valence-corrected chi connectivity index (χ0v) is 9.70. The van der Waals surface area contributed by atoms with Crippen molar-refractivity contribution in [3.63, 3.8) is 0 Å². The third-order valence-corrected chi connectivity index (χ3v) is 2.48. The summed E-state index contributed by atoms with van der Waals surface area (Å²) in [6.45, 7) is 1.75. The van der Waals surface area contributed by atoms with Crippen molar-refractivity contribution >= 4 is 16.9 Å². The van der Waals surface area contributed by atoms with Crippen LogP contribution in [-0.4, -0.2) is 44.1 Å². The first-order valence-electron chi connectivity index (χ1n) is 5.45. The molecule has 2 atom stereocenters. The van der Waals surface area contributed by atoms with Gasteiger partial charge in [0, 0.05) is 5.39 Å². The molecule has 7 nitrogen and oxygen atoms in total. The predicted octanol–water partition coefficient (Wildman–Crippen LogP) is -0.0847. The van der Waals surface area contributed by atoms with E-state index in [1.807, 2.05) is 0 Å². The lowest BCUT2D eigenvalue weighted by atomic mass is 10.1. The Kier molecular flexibility index (Phi) is 3.54. The molecule has 0 aliphatic heterocycles. The van der Waals surface area contributed by atoms with E-state index in [1.54, 1.807) is 19.2 Å². The van der Waals surface area contributed by atoms with Crippen molar-refractivity contribution in [2.75, 3.05) is 6.61 Å². The molecule has 0 radical (unpaired) electrons. The number of H-pyrrole nitrogens is 1. The maximum atomic E-state index is 11.3. The smallest absolute Gasteiger partial charge is 0.338 e. The van der Waals surface area contributed by atoms with Crippen LogP contribution in [0.1, 0.15) is 18.7 Å². The molecule has 0 amide bonds. The number of rotatable bonds is 4. The van der Waals surface area contributed by atoms with Crippen molar-refractivity contribution in [3.8, 4) is 0 Å². The zero-order valence-electron chi connectivity index (χ0n) is 9.70. The van der Waals surface area contributed by atoms with Crippen LogP contribution in [0.15, 0.2) is 18.5 Å². The van der Waals surface area contributed by atoms with E-state index in [1.165, 1.54) is 6.20 Å². The summed E-state index contributed by atoms with van der Waals surface area (Å²) >= 11 is 0. The fourth-order valence-corrected chi connectivity index (χ4v) is 1.54. The summed E-state index contributed by atoms with van der Waals surface area (Å²) in [7, 11) is 0. The molecule has 2 aromatic heterocycles. The quantitative estimate of drug-likeness (QED) is 0.656. The van der Waals surface area contributed by atoms with E-state index in [2.05, 4.69) is 19.9 Å². The molecule has 0 bridgehead atoms. The van der Waals surface area contributed by atoms with Crippen molar-refractivity contribution in [3.05, 3.63) is 24.2 Å². The van der Waals surface area contributed by atoms with E-state index in [-0.39, 0.29) is 12.3 Å². The molecule has 0 fully saturated rings. The van der Waals surface area contributed by atoms with Gasteiger partial charge < -0.3 is 14.9 Å². The number of ether oxygens (including phenoxy) is 1. The van der Waals surface area contributed by atoms with Gasteiger partial charge in [0.2, 0.25) is 0 Å². The Labute approximate surface area is 102 Å². The largest absolute Gasteiger partial charge is 0.464 e. The van der Waals surface area contributed by atoms with Crippen LogP contribution in [0.2, 0.25) is 0 Å². The van der Waals surface area contributed by atoms with Gasteiger partial charge in [-0.05, 0) is 13.0 Å². The number of fused-ring (bicyclic) bond motifs is 1. The van der Waals surface area contributed by atoms with Crippen LogP contribution in [0, 0.1) is 0 Å². The number of pyridine rings is 1. The van der Waals surface area contributed by atoms with Gasteiger partial charge >= 0.3 is 5.97 Å². The maximum absolute atomic E-state index is 11.3.